The molecule has 2 rings (SSSR count). The molecule has 6 N–H and O–H groups in total. The van der Waals surface area contributed by atoms with Crippen LogP contribution in [0.5, 0.6) is 11.5 Å². The number of amides is 2. The van der Waals surface area contributed by atoms with Crippen LogP contribution in [0.25, 0.3) is 0 Å². The summed E-state index contributed by atoms with van der Waals surface area (Å²) >= 11 is 0. The monoisotopic (exact) mass is 428 g/mol. The first kappa shape index (κ1) is 24.2. The lowest BCUT2D eigenvalue weighted by Gasteiger charge is -2.27. The van der Waals surface area contributed by atoms with Crippen LogP contribution in [0.2, 0.25) is 0 Å². The van der Waals surface area contributed by atoms with Crippen molar-refractivity contribution in [2.45, 2.75) is 58.2 Å². The van der Waals surface area contributed by atoms with E-state index in [1.165, 1.54) is 0 Å². The van der Waals surface area contributed by atoms with E-state index in [-0.39, 0.29) is 42.3 Å². The van der Waals surface area contributed by atoms with Crippen LogP contribution >= 0.6 is 0 Å². The van der Waals surface area contributed by atoms with Crippen LogP contribution in [0.4, 0.5) is 0 Å². The van der Waals surface area contributed by atoms with Crippen molar-refractivity contribution >= 4 is 11.8 Å². The van der Waals surface area contributed by atoms with Gasteiger partial charge in [0.2, 0.25) is 11.8 Å². The molecular formula is C23H32N4O4. The molecule has 2 aromatic carbocycles. The molecular weight excluding hydrogens is 396 g/mol. The number of rotatable bonds is 10. The zero-order valence-electron chi connectivity index (χ0n) is 18.5. The Kier molecular flexibility index (Phi) is 8.41. The fourth-order valence-electron chi connectivity index (χ4n) is 3.25. The van der Waals surface area contributed by atoms with E-state index in [2.05, 4.69) is 24.7 Å². The van der Waals surface area contributed by atoms with Gasteiger partial charge >= 0.3 is 0 Å². The van der Waals surface area contributed by atoms with Gasteiger partial charge in [-0.1, -0.05) is 38.1 Å². The van der Waals surface area contributed by atoms with Crippen LogP contribution in [0.15, 0.2) is 48.5 Å². The second-order valence-corrected chi connectivity index (χ2v) is 8.07. The van der Waals surface area contributed by atoms with Gasteiger partial charge in [-0.2, -0.15) is 0 Å². The molecule has 0 aromatic heterocycles. The molecule has 0 aliphatic carbocycles. The highest BCUT2D eigenvalue weighted by atomic mass is 16.5. The molecule has 2 amide bonds. The zero-order chi connectivity index (χ0) is 23.0. The van der Waals surface area contributed by atoms with Gasteiger partial charge in [0.25, 0.3) is 0 Å². The Balaban J connectivity index is 2.04. The van der Waals surface area contributed by atoms with Crippen LogP contribution < -0.4 is 32.0 Å². The van der Waals surface area contributed by atoms with Gasteiger partial charge in [-0.25, -0.2) is 11.7 Å². The van der Waals surface area contributed by atoms with Gasteiger partial charge < -0.3 is 9.47 Å². The molecule has 2 aromatic rings. The number of nitrogens with one attached hydrogen (secondary N) is 2. The molecule has 0 saturated heterocycles. The predicted octanol–water partition coefficient (Wildman–Crippen LogP) is 2.31. The van der Waals surface area contributed by atoms with Crippen molar-refractivity contribution in [3.8, 4) is 11.5 Å². The van der Waals surface area contributed by atoms with E-state index >= 15 is 0 Å². The van der Waals surface area contributed by atoms with Crippen LogP contribution in [-0.2, 0) is 15.0 Å². The largest absolute Gasteiger partial charge is 0.490 e. The van der Waals surface area contributed by atoms with Crippen molar-refractivity contribution in [1.29, 1.82) is 0 Å². The lowest BCUT2D eigenvalue weighted by atomic mass is 9.78. The molecule has 8 heteroatoms. The van der Waals surface area contributed by atoms with Gasteiger partial charge in [0.15, 0.2) is 0 Å². The van der Waals surface area contributed by atoms with E-state index in [1.807, 2.05) is 62.4 Å². The quantitative estimate of drug-likeness (QED) is 0.261. The second-order valence-electron chi connectivity index (χ2n) is 8.07. The molecule has 0 aliphatic heterocycles. The van der Waals surface area contributed by atoms with Crippen LogP contribution in [0.3, 0.4) is 0 Å². The Morgan fingerprint density at radius 2 is 1.10 bits per heavy atom. The topological polar surface area (TPSA) is 129 Å². The molecule has 0 saturated carbocycles. The number of hydrogen-bond donors (Lipinski definition) is 4. The maximum absolute atomic E-state index is 11.4. The Bertz CT molecular complexity index is 795. The summed E-state index contributed by atoms with van der Waals surface area (Å²) in [6, 6.07) is 15.7. The van der Waals surface area contributed by atoms with Crippen molar-refractivity contribution in [3.05, 3.63) is 59.7 Å². The molecule has 8 nitrogen and oxygen atoms in total. The van der Waals surface area contributed by atoms with Crippen molar-refractivity contribution in [3.63, 3.8) is 0 Å². The summed E-state index contributed by atoms with van der Waals surface area (Å²) < 4.78 is 11.6. The van der Waals surface area contributed by atoms with Crippen LogP contribution in [0, 0.1) is 0 Å². The minimum absolute atomic E-state index is 0.188. The SMILES string of the molecule is CC(CC(=O)NN)Oc1ccc(C(C)(C)c2ccc(OC(C)CC(=O)NN)cc2)cc1. The van der Waals surface area contributed by atoms with Crippen molar-refractivity contribution in [1.82, 2.24) is 10.9 Å². The number of ether oxygens (including phenoxy) is 2. The molecule has 0 spiro atoms. The number of nitrogens with two attached hydrogens (primary N) is 2. The normalized spacial score (nSPS) is 13.1. The maximum atomic E-state index is 11.4. The van der Waals surface area contributed by atoms with Gasteiger partial charge in [0.1, 0.15) is 23.7 Å². The molecule has 0 radical (unpaired) electrons. The smallest absolute Gasteiger partial charge is 0.237 e. The van der Waals surface area contributed by atoms with Gasteiger partial charge in [-0.15, -0.1) is 0 Å². The Morgan fingerprint density at radius 3 is 1.39 bits per heavy atom. The lowest BCUT2D eigenvalue weighted by Crippen LogP contribution is -2.33. The molecule has 168 valence electrons. The maximum Gasteiger partial charge on any atom is 0.237 e. The van der Waals surface area contributed by atoms with Crippen LogP contribution in [-0.4, -0.2) is 24.0 Å². The van der Waals surface area contributed by atoms with E-state index in [0.717, 1.165) is 11.1 Å². The number of hydrogen-bond acceptors (Lipinski definition) is 6. The third-order valence-electron chi connectivity index (χ3n) is 5.09. The summed E-state index contributed by atoms with van der Waals surface area (Å²) in [6.45, 7) is 7.92. The van der Waals surface area contributed by atoms with E-state index in [0.29, 0.717) is 11.5 Å². The summed E-state index contributed by atoms with van der Waals surface area (Å²) in [5.74, 6) is 11.1. The Morgan fingerprint density at radius 1 is 0.774 bits per heavy atom. The first-order chi connectivity index (χ1) is 14.6. The lowest BCUT2D eigenvalue weighted by molar-refractivity contribution is -0.123. The fourth-order valence-corrected chi connectivity index (χ4v) is 3.25. The minimum Gasteiger partial charge on any atom is -0.490 e. The summed E-state index contributed by atoms with van der Waals surface area (Å²) in [4.78, 5) is 22.7. The zero-order valence-corrected chi connectivity index (χ0v) is 18.5. The standard InChI is InChI=1S/C23H32N4O4/c1-15(13-21(28)26-24)30-19-9-5-17(6-10-19)23(3,4)18-7-11-20(12-8-18)31-16(2)14-22(29)27-25/h5-12,15-16H,13-14,24-25H2,1-4H3,(H,26,28)(H,27,29). The average molecular weight is 429 g/mol. The van der Waals surface area contributed by atoms with E-state index in [9.17, 15) is 9.59 Å². The number of hydrazine groups is 2. The molecule has 0 fully saturated rings. The number of carbonyl (C=O) groups is 2. The van der Waals surface area contributed by atoms with Gasteiger partial charge in [0, 0.05) is 5.41 Å². The van der Waals surface area contributed by atoms with Crippen molar-refractivity contribution in [2.24, 2.45) is 11.7 Å². The predicted molar refractivity (Wildman–Crippen MR) is 119 cm³/mol. The average Bonchev–Trinajstić information content (AvgIpc) is 2.74. The van der Waals surface area contributed by atoms with E-state index < -0.39 is 0 Å². The van der Waals surface area contributed by atoms with Gasteiger partial charge in [-0.3, -0.25) is 20.4 Å². The highest BCUT2D eigenvalue weighted by molar-refractivity contribution is 5.76. The molecule has 31 heavy (non-hydrogen) atoms. The van der Waals surface area contributed by atoms with Gasteiger partial charge in [0.05, 0.1) is 12.8 Å². The molecule has 2 atom stereocenters. The summed E-state index contributed by atoms with van der Waals surface area (Å²) in [6.07, 6.45) is -0.192. The minimum atomic E-state index is -0.284. The Hall–Kier alpha value is -3.10. The number of carbonyl (C=O) groups excluding carboxylic acids is 2. The highest BCUT2D eigenvalue weighted by Gasteiger charge is 2.23. The third-order valence-corrected chi connectivity index (χ3v) is 5.09. The van der Waals surface area contributed by atoms with Gasteiger partial charge in [-0.05, 0) is 49.2 Å². The highest BCUT2D eigenvalue weighted by Crippen LogP contribution is 2.33. The number of benzene rings is 2. The summed E-state index contributed by atoms with van der Waals surface area (Å²) in [5, 5.41) is 0. The molecule has 0 aliphatic rings. The third kappa shape index (κ3) is 6.97. The van der Waals surface area contributed by atoms with E-state index in [1.54, 1.807) is 0 Å². The Labute approximate surface area is 183 Å². The summed E-state index contributed by atoms with van der Waals surface area (Å²) in [5.41, 5.74) is 6.20. The second kappa shape index (κ2) is 10.8. The molecule has 2 unspecified atom stereocenters. The summed E-state index contributed by atoms with van der Waals surface area (Å²) in [7, 11) is 0. The molecule has 0 bridgehead atoms. The fraction of sp³-hybridized carbons (Fsp3) is 0.391. The van der Waals surface area contributed by atoms with Crippen LogP contribution in [0.1, 0.15) is 51.7 Å². The van der Waals surface area contributed by atoms with E-state index in [4.69, 9.17) is 21.2 Å². The van der Waals surface area contributed by atoms with Crippen molar-refractivity contribution in [2.75, 3.05) is 0 Å². The first-order valence-corrected chi connectivity index (χ1v) is 10.2. The molecule has 0 heterocycles. The van der Waals surface area contributed by atoms with Crippen molar-refractivity contribution < 1.29 is 19.1 Å². The first-order valence-electron chi connectivity index (χ1n) is 10.2.